The molecule has 0 bridgehead atoms. The molecule has 8 heteroatoms. The summed E-state index contributed by atoms with van der Waals surface area (Å²) in [6.07, 6.45) is 1.73. The summed E-state index contributed by atoms with van der Waals surface area (Å²) >= 11 is 1.50. The molecule has 1 N–H and O–H groups in total. The van der Waals surface area contributed by atoms with Gasteiger partial charge < -0.3 is 15.0 Å². The second kappa shape index (κ2) is 8.97. The summed E-state index contributed by atoms with van der Waals surface area (Å²) in [5.74, 6) is 0.572. The van der Waals surface area contributed by atoms with Gasteiger partial charge in [0, 0.05) is 25.2 Å². The third-order valence-electron chi connectivity index (χ3n) is 5.34. The molecule has 1 aromatic heterocycles. The van der Waals surface area contributed by atoms with E-state index in [0.29, 0.717) is 11.3 Å². The zero-order valence-corrected chi connectivity index (χ0v) is 19.4. The van der Waals surface area contributed by atoms with E-state index < -0.39 is 0 Å². The number of benzene rings is 2. The molecule has 0 radical (unpaired) electrons. The summed E-state index contributed by atoms with van der Waals surface area (Å²) in [4.78, 5) is 13.7. The smallest absolute Gasteiger partial charge is 0.317 e. The van der Waals surface area contributed by atoms with Crippen LogP contribution >= 0.6 is 11.3 Å². The van der Waals surface area contributed by atoms with Crippen molar-refractivity contribution in [2.24, 2.45) is 0 Å². The molecular formula is C24H25N5O2S. The lowest BCUT2D eigenvalue weighted by atomic mass is 10.0. The maximum Gasteiger partial charge on any atom is 0.317 e. The van der Waals surface area contributed by atoms with Crippen LogP contribution < -0.4 is 10.1 Å². The largest absolute Gasteiger partial charge is 0.490 e. The molecule has 1 atom stereocenters. The molecule has 0 aliphatic heterocycles. The maximum absolute atomic E-state index is 12.1. The average Bonchev–Trinajstić information content (AvgIpc) is 3.41. The number of amides is 2. The minimum Gasteiger partial charge on any atom is -0.490 e. The van der Waals surface area contributed by atoms with Gasteiger partial charge in [-0.25, -0.2) is 4.79 Å². The third-order valence-corrected chi connectivity index (χ3v) is 6.35. The van der Waals surface area contributed by atoms with Gasteiger partial charge in [0.05, 0.1) is 17.7 Å². The highest BCUT2D eigenvalue weighted by atomic mass is 32.1. The number of rotatable bonds is 5. The number of nitrogens with one attached hydrogen (secondary N) is 1. The molecular weight excluding hydrogens is 422 g/mol. The highest BCUT2D eigenvalue weighted by molar-refractivity contribution is 7.17. The van der Waals surface area contributed by atoms with E-state index in [0.717, 1.165) is 39.5 Å². The number of ether oxygens (including phenoxy) is 1. The summed E-state index contributed by atoms with van der Waals surface area (Å²) in [5, 5.41) is 23.0. The van der Waals surface area contributed by atoms with Crippen molar-refractivity contribution < 1.29 is 9.53 Å². The molecule has 1 aliphatic carbocycles. The lowest BCUT2D eigenvalue weighted by Crippen LogP contribution is -2.36. The van der Waals surface area contributed by atoms with E-state index in [1.54, 1.807) is 25.1 Å². The van der Waals surface area contributed by atoms with Crippen molar-refractivity contribution in [3.05, 3.63) is 53.1 Å². The van der Waals surface area contributed by atoms with Crippen LogP contribution in [0.15, 0.2) is 36.4 Å². The summed E-state index contributed by atoms with van der Waals surface area (Å²) < 4.78 is 5.72. The molecule has 0 spiro atoms. The highest BCUT2D eigenvalue weighted by Crippen LogP contribution is 2.40. The van der Waals surface area contributed by atoms with Crippen molar-refractivity contribution in [1.29, 1.82) is 5.26 Å². The standard InChI is InChI=1S/C24H25N5O2S/c1-14(2)31-21-11-8-15(12-16(21)13-25)22-27-28-23(32-22)19-7-5-6-18-17(19)9-10-20(18)26-24(30)29(3)4/h5-8,11-12,14,20H,9-10H2,1-4H3,(H,26,30)/t20-/m1/s1. The molecule has 0 unspecified atom stereocenters. The minimum absolute atomic E-state index is 0.000991. The monoisotopic (exact) mass is 447 g/mol. The second-order valence-corrected chi connectivity index (χ2v) is 9.19. The van der Waals surface area contributed by atoms with Crippen LogP contribution in [0.4, 0.5) is 4.79 Å². The summed E-state index contributed by atoms with van der Waals surface area (Å²) in [5.41, 5.74) is 4.71. The van der Waals surface area contributed by atoms with Crippen LogP contribution in [-0.4, -0.2) is 41.3 Å². The molecule has 4 rings (SSSR count). The van der Waals surface area contributed by atoms with E-state index >= 15 is 0 Å². The molecule has 2 amide bonds. The molecule has 32 heavy (non-hydrogen) atoms. The normalized spacial score (nSPS) is 14.7. The fraction of sp³-hybridized carbons (Fsp3) is 0.333. The van der Waals surface area contributed by atoms with Crippen molar-refractivity contribution in [1.82, 2.24) is 20.4 Å². The van der Waals surface area contributed by atoms with Crippen LogP contribution in [0.1, 0.15) is 43.0 Å². The Kier molecular flexibility index (Phi) is 6.10. The Morgan fingerprint density at radius 1 is 1.25 bits per heavy atom. The van der Waals surface area contributed by atoms with Gasteiger partial charge >= 0.3 is 6.03 Å². The Bertz CT molecular complexity index is 1200. The van der Waals surface area contributed by atoms with Crippen LogP contribution in [0.2, 0.25) is 0 Å². The first-order chi connectivity index (χ1) is 15.4. The highest BCUT2D eigenvalue weighted by Gasteiger charge is 2.27. The lowest BCUT2D eigenvalue weighted by molar-refractivity contribution is 0.213. The van der Waals surface area contributed by atoms with Gasteiger partial charge in [-0.3, -0.25) is 0 Å². The Hall–Kier alpha value is -3.44. The quantitative estimate of drug-likeness (QED) is 0.607. The molecule has 0 saturated carbocycles. The Labute approximate surface area is 191 Å². The second-order valence-electron chi connectivity index (χ2n) is 8.21. The number of urea groups is 1. The van der Waals surface area contributed by atoms with Crippen molar-refractivity contribution in [3.63, 3.8) is 0 Å². The van der Waals surface area contributed by atoms with E-state index in [-0.39, 0.29) is 18.2 Å². The topological polar surface area (TPSA) is 91.1 Å². The summed E-state index contributed by atoms with van der Waals surface area (Å²) in [6, 6.07) is 13.8. The van der Waals surface area contributed by atoms with E-state index in [2.05, 4.69) is 33.7 Å². The Balaban J connectivity index is 1.62. The zero-order valence-electron chi connectivity index (χ0n) is 18.5. The van der Waals surface area contributed by atoms with E-state index in [9.17, 15) is 10.1 Å². The summed E-state index contributed by atoms with van der Waals surface area (Å²) in [7, 11) is 3.48. The summed E-state index contributed by atoms with van der Waals surface area (Å²) in [6.45, 7) is 3.86. The minimum atomic E-state index is -0.0929. The van der Waals surface area contributed by atoms with Gasteiger partial charge in [-0.2, -0.15) is 5.26 Å². The first-order valence-electron chi connectivity index (χ1n) is 10.5. The molecule has 0 saturated heterocycles. The van der Waals surface area contributed by atoms with Crippen LogP contribution in [0, 0.1) is 11.3 Å². The van der Waals surface area contributed by atoms with Crippen molar-refractivity contribution in [3.8, 4) is 33.0 Å². The first kappa shape index (κ1) is 21.8. The van der Waals surface area contributed by atoms with Gasteiger partial charge in [0.25, 0.3) is 0 Å². The fourth-order valence-corrected chi connectivity index (χ4v) is 4.73. The lowest BCUT2D eigenvalue weighted by Gasteiger charge is -2.18. The van der Waals surface area contributed by atoms with Gasteiger partial charge in [-0.15, -0.1) is 10.2 Å². The average molecular weight is 448 g/mol. The number of nitrogens with zero attached hydrogens (tertiary/aromatic N) is 4. The predicted octanol–water partition coefficient (Wildman–Crippen LogP) is 4.79. The molecule has 0 fully saturated rings. The van der Waals surface area contributed by atoms with E-state index in [1.165, 1.54) is 16.9 Å². The van der Waals surface area contributed by atoms with Crippen molar-refractivity contribution in [2.75, 3.05) is 14.1 Å². The maximum atomic E-state index is 12.1. The molecule has 3 aromatic rings. The number of hydrogen-bond donors (Lipinski definition) is 1. The number of carbonyl (C=O) groups is 1. The van der Waals surface area contributed by atoms with Gasteiger partial charge in [-0.1, -0.05) is 29.5 Å². The Morgan fingerprint density at radius 3 is 2.75 bits per heavy atom. The predicted molar refractivity (Wildman–Crippen MR) is 125 cm³/mol. The number of carbonyl (C=O) groups excluding carboxylic acids is 1. The number of hydrogen-bond acceptors (Lipinski definition) is 6. The number of fused-ring (bicyclic) bond motifs is 1. The number of nitriles is 1. The van der Waals surface area contributed by atoms with Crippen LogP contribution in [-0.2, 0) is 6.42 Å². The van der Waals surface area contributed by atoms with Crippen LogP contribution in [0.25, 0.3) is 21.1 Å². The SMILES string of the molecule is CC(C)Oc1ccc(-c2nnc(-c3cccc4c3CC[C@H]4NC(=O)N(C)C)s2)cc1C#N. The van der Waals surface area contributed by atoms with Gasteiger partial charge in [0.15, 0.2) is 0 Å². The van der Waals surface area contributed by atoms with Gasteiger partial charge in [0.2, 0.25) is 0 Å². The van der Waals surface area contributed by atoms with Crippen LogP contribution in [0.5, 0.6) is 5.75 Å². The third kappa shape index (κ3) is 4.30. The molecule has 1 heterocycles. The zero-order chi connectivity index (χ0) is 22.8. The molecule has 7 nitrogen and oxygen atoms in total. The van der Waals surface area contributed by atoms with Gasteiger partial charge in [-0.05, 0) is 56.0 Å². The molecule has 1 aliphatic rings. The number of aromatic nitrogens is 2. The van der Waals surface area contributed by atoms with E-state index in [4.69, 9.17) is 4.74 Å². The van der Waals surface area contributed by atoms with Gasteiger partial charge in [0.1, 0.15) is 21.8 Å². The first-order valence-corrected chi connectivity index (χ1v) is 11.3. The Morgan fingerprint density at radius 2 is 2.03 bits per heavy atom. The van der Waals surface area contributed by atoms with Crippen molar-refractivity contribution in [2.45, 2.75) is 38.8 Å². The van der Waals surface area contributed by atoms with E-state index in [1.807, 2.05) is 32.0 Å². The molecule has 2 aromatic carbocycles. The van der Waals surface area contributed by atoms with Crippen LogP contribution in [0.3, 0.4) is 0 Å². The van der Waals surface area contributed by atoms with Crippen molar-refractivity contribution >= 4 is 17.4 Å². The fourth-order valence-electron chi connectivity index (χ4n) is 3.84. The molecule has 164 valence electrons.